The maximum Gasteiger partial charge on any atom is 0.250 e. The van der Waals surface area contributed by atoms with E-state index in [0.717, 1.165) is 29.4 Å². The first-order chi connectivity index (χ1) is 18.0. The maximum absolute atomic E-state index is 12.6. The molecule has 1 heterocycles. The summed E-state index contributed by atoms with van der Waals surface area (Å²) < 4.78 is 18.3. The lowest BCUT2D eigenvalue weighted by molar-refractivity contribution is -0.118. The monoisotopic (exact) mass is 523 g/mol. The van der Waals surface area contributed by atoms with Gasteiger partial charge in [0.15, 0.2) is 22.5 Å². The summed E-state index contributed by atoms with van der Waals surface area (Å²) in [5.41, 5.74) is 5.52. The zero-order chi connectivity index (χ0) is 26.2. The van der Waals surface area contributed by atoms with Crippen LogP contribution in [0.4, 0.5) is 0 Å². The van der Waals surface area contributed by atoms with E-state index in [9.17, 15) is 4.79 Å². The van der Waals surface area contributed by atoms with Crippen molar-refractivity contribution in [1.82, 2.24) is 20.2 Å². The highest BCUT2D eigenvalue weighted by Gasteiger charge is 2.24. The van der Waals surface area contributed by atoms with E-state index >= 15 is 0 Å². The van der Waals surface area contributed by atoms with Gasteiger partial charge in [0.2, 0.25) is 5.75 Å². The van der Waals surface area contributed by atoms with Gasteiger partial charge in [-0.25, -0.2) is 5.43 Å². The lowest BCUT2D eigenvalue weighted by Crippen LogP contribution is -2.20. The second-order valence-corrected chi connectivity index (χ2v) is 9.82. The summed E-state index contributed by atoms with van der Waals surface area (Å²) in [4.78, 5) is 12.6. The van der Waals surface area contributed by atoms with Crippen molar-refractivity contribution < 1.29 is 19.0 Å². The van der Waals surface area contributed by atoms with Crippen molar-refractivity contribution in [3.8, 4) is 28.6 Å². The molecule has 0 atom stereocenters. The van der Waals surface area contributed by atoms with Gasteiger partial charge in [0.25, 0.3) is 5.91 Å². The molecule has 1 amide bonds. The van der Waals surface area contributed by atoms with Crippen molar-refractivity contribution in [3.05, 3.63) is 47.5 Å². The van der Waals surface area contributed by atoms with E-state index in [1.165, 1.54) is 42.8 Å². The van der Waals surface area contributed by atoms with E-state index in [0.29, 0.717) is 28.9 Å². The van der Waals surface area contributed by atoms with Crippen molar-refractivity contribution in [1.29, 1.82) is 0 Å². The number of hydrogen-bond donors (Lipinski definition) is 1. The summed E-state index contributed by atoms with van der Waals surface area (Å²) in [5, 5.41) is 13.8. The van der Waals surface area contributed by atoms with Gasteiger partial charge in [-0.1, -0.05) is 60.9 Å². The number of aromatic nitrogens is 3. The van der Waals surface area contributed by atoms with Crippen LogP contribution in [0.25, 0.3) is 11.4 Å². The molecule has 0 unspecified atom stereocenters. The van der Waals surface area contributed by atoms with E-state index in [1.54, 1.807) is 33.5 Å². The predicted octanol–water partition coefficient (Wildman–Crippen LogP) is 5.03. The molecule has 1 aliphatic rings. The van der Waals surface area contributed by atoms with Crippen LogP contribution in [-0.2, 0) is 4.79 Å². The van der Waals surface area contributed by atoms with Crippen LogP contribution in [0.15, 0.2) is 46.7 Å². The van der Waals surface area contributed by atoms with Gasteiger partial charge in [-0.2, -0.15) is 5.10 Å². The number of benzene rings is 2. The number of aryl methyl sites for hydroxylation is 1. The van der Waals surface area contributed by atoms with Gasteiger partial charge >= 0.3 is 0 Å². The van der Waals surface area contributed by atoms with E-state index in [1.807, 2.05) is 0 Å². The first kappa shape index (κ1) is 26.5. The Morgan fingerprint density at radius 1 is 1.05 bits per heavy atom. The Hall–Kier alpha value is -3.53. The van der Waals surface area contributed by atoms with Crippen LogP contribution in [0.5, 0.6) is 17.2 Å². The second-order valence-electron chi connectivity index (χ2n) is 8.87. The van der Waals surface area contributed by atoms with Gasteiger partial charge < -0.3 is 14.2 Å². The van der Waals surface area contributed by atoms with Crippen molar-refractivity contribution in [3.63, 3.8) is 0 Å². The Bertz CT molecular complexity index is 1210. The Balaban J connectivity index is 1.44. The Morgan fingerprint density at radius 2 is 1.73 bits per heavy atom. The first-order valence-electron chi connectivity index (χ1n) is 12.3. The number of hydrogen-bond acceptors (Lipinski definition) is 8. The quantitative estimate of drug-likeness (QED) is 0.226. The van der Waals surface area contributed by atoms with E-state index in [2.05, 4.69) is 56.5 Å². The fourth-order valence-electron chi connectivity index (χ4n) is 4.46. The SMILES string of the molecule is COc1cc(/C=N\NC(=O)CSc2nnc(-c3ccc(C)cc3)n2C2CCCCC2)cc(OC)c1OC. The number of hydrazone groups is 1. The van der Waals surface area contributed by atoms with E-state index in [-0.39, 0.29) is 11.7 Å². The normalized spacial score (nSPS) is 14.1. The number of carbonyl (C=O) groups is 1. The molecule has 0 spiro atoms. The van der Waals surface area contributed by atoms with Crippen LogP contribution in [0.1, 0.15) is 49.3 Å². The maximum atomic E-state index is 12.6. The molecular weight excluding hydrogens is 490 g/mol. The summed E-state index contributed by atoms with van der Waals surface area (Å²) in [6, 6.07) is 12.2. The second kappa shape index (κ2) is 12.6. The molecule has 37 heavy (non-hydrogen) atoms. The molecule has 9 nitrogen and oxygen atoms in total. The molecule has 0 bridgehead atoms. The minimum absolute atomic E-state index is 0.172. The van der Waals surface area contributed by atoms with Crippen molar-refractivity contribution in [2.45, 2.75) is 50.2 Å². The van der Waals surface area contributed by atoms with Gasteiger partial charge in [-0.3, -0.25) is 9.36 Å². The fraction of sp³-hybridized carbons (Fsp3) is 0.407. The average molecular weight is 524 g/mol. The van der Waals surface area contributed by atoms with Crippen LogP contribution >= 0.6 is 11.8 Å². The lowest BCUT2D eigenvalue weighted by Gasteiger charge is -2.25. The predicted molar refractivity (Wildman–Crippen MR) is 145 cm³/mol. The van der Waals surface area contributed by atoms with Crippen LogP contribution in [-0.4, -0.2) is 54.0 Å². The highest BCUT2D eigenvalue weighted by atomic mass is 32.2. The molecule has 0 saturated heterocycles. The molecular formula is C27H33N5O4S. The third-order valence-electron chi connectivity index (χ3n) is 6.34. The van der Waals surface area contributed by atoms with E-state index in [4.69, 9.17) is 14.2 Å². The summed E-state index contributed by atoms with van der Waals surface area (Å²) in [7, 11) is 4.64. The molecule has 2 aromatic carbocycles. The number of amides is 1. The molecule has 1 saturated carbocycles. The molecule has 1 fully saturated rings. The number of nitrogens with one attached hydrogen (secondary N) is 1. The highest BCUT2D eigenvalue weighted by Crippen LogP contribution is 2.38. The molecule has 1 N–H and O–H groups in total. The standard InChI is InChI=1S/C27H33N5O4S/c1-18-10-12-20(13-11-18)26-30-31-27(32(26)21-8-6-5-7-9-21)37-17-24(33)29-28-16-19-14-22(34-2)25(36-4)23(15-19)35-3/h10-16,21H,5-9,17H2,1-4H3,(H,29,33)/b28-16-. The van der Waals surface area contributed by atoms with Crippen molar-refractivity contribution >= 4 is 23.9 Å². The minimum Gasteiger partial charge on any atom is -0.493 e. The molecule has 3 aromatic rings. The van der Waals surface area contributed by atoms with Crippen LogP contribution in [0.3, 0.4) is 0 Å². The van der Waals surface area contributed by atoms with Gasteiger partial charge in [0, 0.05) is 17.2 Å². The van der Waals surface area contributed by atoms with Gasteiger partial charge in [-0.05, 0) is 31.9 Å². The molecule has 1 aliphatic carbocycles. The summed E-state index contributed by atoms with van der Waals surface area (Å²) in [6.45, 7) is 2.07. The summed E-state index contributed by atoms with van der Waals surface area (Å²) in [6.07, 6.45) is 7.36. The lowest BCUT2D eigenvalue weighted by atomic mass is 9.95. The Labute approximate surface area is 221 Å². The summed E-state index contributed by atoms with van der Waals surface area (Å²) in [5.74, 6) is 2.31. The smallest absolute Gasteiger partial charge is 0.250 e. The third-order valence-corrected chi connectivity index (χ3v) is 7.28. The molecule has 0 radical (unpaired) electrons. The van der Waals surface area contributed by atoms with Crippen molar-refractivity contribution in [2.24, 2.45) is 5.10 Å². The summed E-state index contributed by atoms with van der Waals surface area (Å²) >= 11 is 1.38. The zero-order valence-corrected chi connectivity index (χ0v) is 22.5. The average Bonchev–Trinajstić information content (AvgIpc) is 3.36. The molecule has 1 aromatic heterocycles. The van der Waals surface area contributed by atoms with Gasteiger partial charge in [0.1, 0.15) is 0 Å². The highest BCUT2D eigenvalue weighted by molar-refractivity contribution is 7.99. The van der Waals surface area contributed by atoms with Gasteiger partial charge in [-0.15, -0.1) is 10.2 Å². The zero-order valence-electron chi connectivity index (χ0n) is 21.7. The Morgan fingerprint density at radius 3 is 2.35 bits per heavy atom. The first-order valence-corrected chi connectivity index (χ1v) is 13.3. The molecule has 4 rings (SSSR count). The Kier molecular flexibility index (Phi) is 9.05. The number of rotatable bonds is 10. The molecule has 10 heteroatoms. The van der Waals surface area contributed by atoms with Crippen LogP contribution in [0, 0.1) is 6.92 Å². The minimum atomic E-state index is -0.233. The fourth-order valence-corrected chi connectivity index (χ4v) is 5.26. The van der Waals surface area contributed by atoms with Gasteiger partial charge in [0.05, 0.1) is 33.3 Å². The third kappa shape index (κ3) is 6.43. The number of ether oxygens (including phenoxy) is 3. The van der Waals surface area contributed by atoms with Crippen LogP contribution in [0.2, 0.25) is 0 Å². The number of thioether (sulfide) groups is 1. The van der Waals surface area contributed by atoms with E-state index < -0.39 is 0 Å². The molecule has 196 valence electrons. The largest absolute Gasteiger partial charge is 0.493 e. The molecule has 0 aliphatic heterocycles. The van der Waals surface area contributed by atoms with Crippen LogP contribution < -0.4 is 19.6 Å². The topological polar surface area (TPSA) is 99.9 Å². The number of nitrogens with zero attached hydrogens (tertiary/aromatic N) is 4. The number of carbonyl (C=O) groups excluding carboxylic acids is 1. The van der Waals surface area contributed by atoms with Crippen molar-refractivity contribution in [2.75, 3.05) is 27.1 Å². The number of methoxy groups -OCH3 is 3.